The molecule has 7 heteroatoms. The van der Waals surface area contributed by atoms with Gasteiger partial charge >= 0.3 is 0 Å². The Kier molecular flexibility index (Phi) is 7.59. The lowest BCUT2D eigenvalue weighted by molar-refractivity contribution is -0.132. The molecule has 0 bridgehead atoms. The van der Waals surface area contributed by atoms with Crippen LogP contribution in [0.3, 0.4) is 0 Å². The van der Waals surface area contributed by atoms with Crippen molar-refractivity contribution in [2.24, 2.45) is 5.16 Å². The van der Waals surface area contributed by atoms with Crippen LogP contribution in [0.15, 0.2) is 29.4 Å². The quantitative estimate of drug-likeness (QED) is 0.543. The number of hydrogen-bond acceptors (Lipinski definition) is 5. The Labute approximate surface area is 155 Å². The molecule has 0 aromatic heterocycles. The van der Waals surface area contributed by atoms with Gasteiger partial charge in [0.1, 0.15) is 7.11 Å². The molecular weight excluding hydrogens is 332 g/mol. The Morgan fingerprint density at radius 2 is 1.73 bits per heavy atom. The highest BCUT2D eigenvalue weighted by Crippen LogP contribution is 2.10. The first-order valence-corrected chi connectivity index (χ1v) is 9.05. The summed E-state index contributed by atoms with van der Waals surface area (Å²) in [5.41, 5.74) is 1.54. The predicted octanol–water partition coefficient (Wildman–Crippen LogP) is 1.29. The van der Waals surface area contributed by atoms with Crippen LogP contribution in [0.1, 0.15) is 29.8 Å². The molecule has 0 spiro atoms. The van der Waals surface area contributed by atoms with Crippen molar-refractivity contribution in [3.63, 3.8) is 0 Å². The van der Waals surface area contributed by atoms with Crippen LogP contribution in [-0.2, 0) is 9.63 Å². The lowest BCUT2D eigenvalue weighted by Crippen LogP contribution is -2.51. The Bertz CT molecular complexity index is 618. The zero-order valence-electron chi connectivity index (χ0n) is 15.9. The molecule has 1 aromatic rings. The molecule has 2 rings (SSSR count). The Hall–Kier alpha value is -2.41. The van der Waals surface area contributed by atoms with Crippen molar-refractivity contribution in [2.75, 3.05) is 52.9 Å². The molecular formula is C19H28N4O3. The molecule has 0 N–H and O–H groups in total. The molecule has 1 aliphatic heterocycles. The molecule has 1 fully saturated rings. The average Bonchev–Trinajstić information content (AvgIpc) is 2.68. The van der Waals surface area contributed by atoms with E-state index in [-0.39, 0.29) is 11.8 Å². The summed E-state index contributed by atoms with van der Waals surface area (Å²) < 4.78 is 0. The van der Waals surface area contributed by atoms with Gasteiger partial charge in [-0.15, -0.1) is 0 Å². The average molecular weight is 360 g/mol. The van der Waals surface area contributed by atoms with Gasteiger partial charge in [-0.25, -0.2) is 0 Å². The van der Waals surface area contributed by atoms with Crippen LogP contribution in [0.25, 0.3) is 0 Å². The Balaban J connectivity index is 1.86. The molecule has 1 saturated heterocycles. The topological polar surface area (TPSA) is 65.5 Å². The molecule has 0 radical (unpaired) electrons. The van der Waals surface area contributed by atoms with Crippen molar-refractivity contribution >= 4 is 18.0 Å². The number of nitrogens with zero attached hydrogens (tertiary/aromatic N) is 4. The molecule has 7 nitrogen and oxygen atoms in total. The molecule has 0 unspecified atom stereocenters. The third-order valence-corrected chi connectivity index (χ3v) is 4.60. The lowest BCUT2D eigenvalue weighted by atomic mass is 10.1. The second-order valence-electron chi connectivity index (χ2n) is 6.17. The second-order valence-corrected chi connectivity index (χ2v) is 6.17. The van der Waals surface area contributed by atoms with Crippen molar-refractivity contribution in [3.05, 3.63) is 35.4 Å². The number of benzene rings is 1. The molecule has 1 aromatic carbocycles. The van der Waals surface area contributed by atoms with Gasteiger partial charge in [0.15, 0.2) is 0 Å². The molecule has 26 heavy (non-hydrogen) atoms. The molecule has 0 atom stereocenters. The number of likely N-dealkylation sites (N-methyl/N-ethyl adjacent to an activating group) is 1. The number of hydrogen-bond donors (Lipinski definition) is 0. The molecule has 0 saturated carbocycles. The van der Waals surface area contributed by atoms with E-state index in [9.17, 15) is 9.59 Å². The van der Waals surface area contributed by atoms with E-state index in [2.05, 4.69) is 14.9 Å². The molecule has 0 aliphatic carbocycles. The fourth-order valence-electron chi connectivity index (χ4n) is 2.98. The summed E-state index contributed by atoms with van der Waals surface area (Å²) in [5, 5.41) is 3.71. The van der Waals surface area contributed by atoms with E-state index >= 15 is 0 Å². The standard InChI is InChI=1S/C19H28N4O3/c1-4-22(5-2)18(24)15-21-10-12-23(13-11-21)19(25)17-8-6-16(7-9-17)14-20-26-3/h6-9,14H,4-5,10-13,15H2,1-3H3/b20-14+. The van der Waals surface area contributed by atoms with Crippen LogP contribution in [0.5, 0.6) is 0 Å². The van der Waals surface area contributed by atoms with Crippen molar-refractivity contribution in [1.82, 2.24) is 14.7 Å². The minimum Gasteiger partial charge on any atom is -0.399 e. The maximum Gasteiger partial charge on any atom is 0.253 e. The fourth-order valence-corrected chi connectivity index (χ4v) is 2.98. The summed E-state index contributed by atoms with van der Waals surface area (Å²) in [5.74, 6) is 0.179. The minimum absolute atomic E-state index is 0.0231. The van der Waals surface area contributed by atoms with Crippen LogP contribution in [0, 0.1) is 0 Å². The largest absolute Gasteiger partial charge is 0.399 e. The van der Waals surface area contributed by atoms with Crippen LogP contribution in [0.4, 0.5) is 0 Å². The number of amides is 2. The van der Waals surface area contributed by atoms with Crippen molar-refractivity contribution in [1.29, 1.82) is 0 Å². The highest BCUT2D eigenvalue weighted by Gasteiger charge is 2.24. The highest BCUT2D eigenvalue weighted by molar-refractivity contribution is 5.95. The van der Waals surface area contributed by atoms with Gasteiger partial charge in [0.25, 0.3) is 5.91 Å². The lowest BCUT2D eigenvalue weighted by Gasteiger charge is -2.35. The summed E-state index contributed by atoms with van der Waals surface area (Å²) in [6, 6.07) is 7.29. The summed E-state index contributed by atoms with van der Waals surface area (Å²) in [4.78, 5) is 35.3. The third kappa shape index (κ3) is 5.29. The van der Waals surface area contributed by atoms with Crippen LogP contribution in [-0.4, -0.2) is 85.7 Å². The summed E-state index contributed by atoms with van der Waals surface area (Å²) >= 11 is 0. The summed E-state index contributed by atoms with van der Waals surface area (Å²) in [6.45, 7) is 8.59. The molecule has 1 heterocycles. The monoisotopic (exact) mass is 360 g/mol. The second kappa shape index (κ2) is 9.91. The normalized spacial score (nSPS) is 15.3. The van der Waals surface area contributed by atoms with E-state index in [1.807, 2.05) is 35.8 Å². The summed E-state index contributed by atoms with van der Waals surface area (Å²) in [6.07, 6.45) is 1.60. The van der Waals surface area contributed by atoms with Gasteiger partial charge in [-0.05, 0) is 31.5 Å². The van der Waals surface area contributed by atoms with Gasteiger partial charge in [-0.1, -0.05) is 17.3 Å². The number of oxime groups is 1. The predicted molar refractivity (Wildman–Crippen MR) is 101 cm³/mol. The van der Waals surface area contributed by atoms with Crippen molar-refractivity contribution in [3.8, 4) is 0 Å². The van der Waals surface area contributed by atoms with Gasteiger partial charge in [0.2, 0.25) is 5.91 Å². The first-order chi connectivity index (χ1) is 12.6. The van der Waals surface area contributed by atoms with E-state index in [0.717, 1.165) is 31.7 Å². The smallest absolute Gasteiger partial charge is 0.253 e. The third-order valence-electron chi connectivity index (χ3n) is 4.60. The van der Waals surface area contributed by atoms with Gasteiger partial charge < -0.3 is 14.6 Å². The van der Waals surface area contributed by atoms with E-state index in [4.69, 9.17) is 0 Å². The zero-order valence-corrected chi connectivity index (χ0v) is 15.9. The van der Waals surface area contributed by atoms with Crippen molar-refractivity contribution < 1.29 is 14.4 Å². The molecule has 2 amide bonds. The van der Waals surface area contributed by atoms with Crippen LogP contribution < -0.4 is 0 Å². The highest BCUT2D eigenvalue weighted by atomic mass is 16.6. The van der Waals surface area contributed by atoms with Crippen molar-refractivity contribution in [2.45, 2.75) is 13.8 Å². The first-order valence-electron chi connectivity index (χ1n) is 9.05. The fraction of sp³-hybridized carbons (Fsp3) is 0.526. The van der Waals surface area contributed by atoms with Gasteiger partial charge in [0, 0.05) is 44.8 Å². The maximum absolute atomic E-state index is 12.6. The van der Waals surface area contributed by atoms with Gasteiger partial charge in [-0.2, -0.15) is 0 Å². The number of carbonyl (C=O) groups is 2. The maximum atomic E-state index is 12.6. The zero-order chi connectivity index (χ0) is 18.9. The van der Waals surface area contributed by atoms with Gasteiger partial charge in [-0.3, -0.25) is 14.5 Å². The van der Waals surface area contributed by atoms with E-state index in [1.165, 1.54) is 7.11 Å². The van der Waals surface area contributed by atoms with E-state index in [0.29, 0.717) is 25.2 Å². The number of rotatable bonds is 7. The van der Waals surface area contributed by atoms with E-state index in [1.54, 1.807) is 18.3 Å². The first kappa shape index (κ1) is 19.9. The Morgan fingerprint density at radius 1 is 1.12 bits per heavy atom. The van der Waals surface area contributed by atoms with Crippen LogP contribution in [0.2, 0.25) is 0 Å². The number of piperazine rings is 1. The van der Waals surface area contributed by atoms with Gasteiger partial charge in [0.05, 0.1) is 12.8 Å². The molecule has 1 aliphatic rings. The Morgan fingerprint density at radius 3 is 2.27 bits per heavy atom. The van der Waals surface area contributed by atoms with E-state index < -0.39 is 0 Å². The number of carbonyl (C=O) groups excluding carboxylic acids is 2. The minimum atomic E-state index is 0.0231. The summed E-state index contributed by atoms with van der Waals surface area (Å²) in [7, 11) is 1.49. The van der Waals surface area contributed by atoms with Crippen LogP contribution >= 0.6 is 0 Å². The molecule has 142 valence electrons. The SMILES string of the molecule is CCN(CC)C(=O)CN1CCN(C(=O)c2ccc(/C=N/OC)cc2)CC1.